The van der Waals surface area contributed by atoms with Crippen LogP contribution >= 0.6 is 0 Å². The average Bonchev–Trinajstić information content (AvgIpc) is 2.48. The number of aryl methyl sites for hydroxylation is 1. The molecule has 4 nitrogen and oxygen atoms in total. The molecule has 0 radical (unpaired) electrons. The van der Waals surface area contributed by atoms with Gasteiger partial charge in [-0.3, -0.25) is 4.79 Å². The summed E-state index contributed by atoms with van der Waals surface area (Å²) in [5.74, 6) is -0.833. The molecular weight excluding hydrogens is 271 g/mol. The first kappa shape index (κ1) is 15.0. The zero-order valence-corrected chi connectivity index (χ0v) is 11.7. The second-order valence-electron chi connectivity index (χ2n) is 4.62. The molecule has 0 aliphatic carbocycles. The van der Waals surface area contributed by atoms with Crippen molar-refractivity contribution in [3.63, 3.8) is 0 Å². The van der Waals surface area contributed by atoms with Gasteiger partial charge in [0.05, 0.1) is 0 Å². The summed E-state index contributed by atoms with van der Waals surface area (Å²) < 4.78 is 18.8. The predicted octanol–water partition coefficient (Wildman–Crippen LogP) is 2.61. The van der Waals surface area contributed by atoms with E-state index >= 15 is 0 Å². The van der Waals surface area contributed by atoms with Crippen LogP contribution in [0.5, 0.6) is 5.75 Å². The van der Waals surface area contributed by atoms with E-state index < -0.39 is 5.82 Å². The molecule has 0 aliphatic heterocycles. The highest BCUT2D eigenvalue weighted by Crippen LogP contribution is 2.18. The smallest absolute Gasteiger partial charge is 0.262 e. The number of anilines is 1. The van der Waals surface area contributed by atoms with Crippen molar-refractivity contribution in [3.8, 4) is 5.75 Å². The quantitative estimate of drug-likeness (QED) is 0.889. The molecule has 0 aromatic heterocycles. The summed E-state index contributed by atoms with van der Waals surface area (Å²) in [6.07, 6.45) is 0. The largest absolute Gasteiger partial charge is 0.481 e. The van der Waals surface area contributed by atoms with Gasteiger partial charge < -0.3 is 15.8 Å². The molecule has 0 bridgehead atoms. The van der Waals surface area contributed by atoms with Gasteiger partial charge in [0.25, 0.3) is 5.91 Å². The van der Waals surface area contributed by atoms with Crippen molar-refractivity contribution < 1.29 is 13.9 Å². The van der Waals surface area contributed by atoms with Crippen LogP contribution in [0.25, 0.3) is 0 Å². The Balaban J connectivity index is 1.94. The number of hydrogen-bond acceptors (Lipinski definition) is 3. The number of nitrogens with two attached hydrogens (primary N) is 1. The van der Waals surface area contributed by atoms with Crippen LogP contribution in [0.4, 0.5) is 10.1 Å². The zero-order chi connectivity index (χ0) is 15.2. The van der Waals surface area contributed by atoms with E-state index in [2.05, 4.69) is 5.32 Å². The third kappa shape index (κ3) is 4.03. The fourth-order valence-corrected chi connectivity index (χ4v) is 1.83. The summed E-state index contributed by atoms with van der Waals surface area (Å²) in [4.78, 5) is 11.8. The van der Waals surface area contributed by atoms with Crippen molar-refractivity contribution in [2.75, 3.05) is 11.9 Å². The molecule has 1 amide bonds. The van der Waals surface area contributed by atoms with Gasteiger partial charge in [-0.25, -0.2) is 4.39 Å². The van der Waals surface area contributed by atoms with Crippen LogP contribution in [0.15, 0.2) is 42.5 Å². The maximum atomic E-state index is 13.7. The van der Waals surface area contributed by atoms with Crippen LogP contribution in [0.2, 0.25) is 0 Å². The lowest BCUT2D eigenvalue weighted by Crippen LogP contribution is -2.21. The predicted molar refractivity (Wildman–Crippen MR) is 79.6 cm³/mol. The molecule has 0 unspecified atom stereocenters. The first-order valence-corrected chi connectivity index (χ1v) is 6.57. The molecular formula is C16H17FN2O2. The molecule has 2 rings (SSSR count). The van der Waals surface area contributed by atoms with Gasteiger partial charge in [0, 0.05) is 12.2 Å². The molecule has 3 N–H and O–H groups in total. The van der Waals surface area contributed by atoms with E-state index in [1.54, 1.807) is 12.1 Å². The lowest BCUT2D eigenvalue weighted by atomic mass is 10.2. The van der Waals surface area contributed by atoms with Crippen molar-refractivity contribution in [1.82, 2.24) is 0 Å². The molecule has 0 saturated heterocycles. The number of hydrogen-bond donors (Lipinski definition) is 2. The number of carbonyl (C=O) groups is 1. The van der Waals surface area contributed by atoms with Crippen LogP contribution in [0.3, 0.4) is 0 Å². The number of rotatable bonds is 5. The lowest BCUT2D eigenvalue weighted by Gasteiger charge is -2.10. The van der Waals surface area contributed by atoms with E-state index in [1.165, 1.54) is 12.1 Å². The molecule has 0 saturated carbocycles. The van der Waals surface area contributed by atoms with Crippen molar-refractivity contribution in [3.05, 3.63) is 59.4 Å². The van der Waals surface area contributed by atoms with E-state index in [9.17, 15) is 9.18 Å². The Morgan fingerprint density at radius 2 is 2.05 bits per heavy atom. The van der Waals surface area contributed by atoms with Crippen LogP contribution in [0.1, 0.15) is 11.1 Å². The number of nitrogens with one attached hydrogen (secondary N) is 1. The van der Waals surface area contributed by atoms with Crippen molar-refractivity contribution in [2.45, 2.75) is 13.5 Å². The van der Waals surface area contributed by atoms with Gasteiger partial charge in [-0.05, 0) is 36.2 Å². The van der Waals surface area contributed by atoms with E-state index in [4.69, 9.17) is 10.5 Å². The molecule has 5 heteroatoms. The number of halogens is 1. The Bertz CT molecular complexity index is 644. The van der Waals surface area contributed by atoms with Gasteiger partial charge in [-0.2, -0.15) is 0 Å². The summed E-state index contributed by atoms with van der Waals surface area (Å²) in [5.41, 5.74) is 7.75. The van der Waals surface area contributed by atoms with E-state index in [0.29, 0.717) is 11.3 Å². The maximum Gasteiger partial charge on any atom is 0.262 e. The van der Waals surface area contributed by atoms with Crippen LogP contribution < -0.4 is 15.8 Å². The number of amides is 1. The molecule has 0 aliphatic rings. The molecule has 0 heterocycles. The third-order valence-electron chi connectivity index (χ3n) is 3.01. The minimum Gasteiger partial charge on any atom is -0.481 e. The third-order valence-corrected chi connectivity index (χ3v) is 3.01. The Labute approximate surface area is 122 Å². The first-order valence-electron chi connectivity index (χ1n) is 6.57. The Kier molecular flexibility index (Phi) is 4.90. The summed E-state index contributed by atoms with van der Waals surface area (Å²) in [5, 5.41) is 2.72. The van der Waals surface area contributed by atoms with E-state index in [-0.39, 0.29) is 24.8 Å². The van der Waals surface area contributed by atoms with Crippen molar-refractivity contribution in [1.29, 1.82) is 0 Å². The normalized spacial score (nSPS) is 10.2. The van der Waals surface area contributed by atoms with Crippen LogP contribution in [0, 0.1) is 12.7 Å². The Morgan fingerprint density at radius 1 is 1.29 bits per heavy atom. The fraction of sp³-hybridized carbons (Fsp3) is 0.188. The Morgan fingerprint density at radius 3 is 2.71 bits per heavy atom. The lowest BCUT2D eigenvalue weighted by molar-refractivity contribution is -0.118. The molecule has 110 valence electrons. The molecule has 2 aromatic rings. The maximum absolute atomic E-state index is 13.7. The highest BCUT2D eigenvalue weighted by molar-refractivity contribution is 5.92. The monoisotopic (exact) mass is 288 g/mol. The standard InChI is InChI=1S/C16H17FN2O2/c1-11-4-2-3-5-14(11)19-16(20)10-21-15-7-6-12(9-18)8-13(15)17/h2-8H,9-10,18H2,1H3,(H,19,20). The van der Waals surface area contributed by atoms with Crippen LogP contribution in [-0.2, 0) is 11.3 Å². The average molecular weight is 288 g/mol. The number of para-hydroxylation sites is 1. The van der Waals surface area contributed by atoms with Gasteiger partial charge in [0.2, 0.25) is 0 Å². The fourth-order valence-electron chi connectivity index (χ4n) is 1.83. The Hall–Kier alpha value is -2.40. The van der Waals surface area contributed by atoms with Crippen molar-refractivity contribution in [2.24, 2.45) is 5.73 Å². The van der Waals surface area contributed by atoms with E-state index in [0.717, 1.165) is 5.56 Å². The summed E-state index contributed by atoms with van der Waals surface area (Å²) in [6.45, 7) is 1.89. The number of ether oxygens (including phenoxy) is 1. The van der Waals surface area contributed by atoms with Gasteiger partial charge in [0.15, 0.2) is 18.2 Å². The topological polar surface area (TPSA) is 64.3 Å². The molecule has 2 aromatic carbocycles. The van der Waals surface area contributed by atoms with Gasteiger partial charge in [-0.15, -0.1) is 0 Å². The van der Waals surface area contributed by atoms with Gasteiger partial charge >= 0.3 is 0 Å². The molecule has 0 spiro atoms. The minimum atomic E-state index is -0.526. The van der Waals surface area contributed by atoms with E-state index in [1.807, 2.05) is 25.1 Å². The summed E-state index contributed by atoms with van der Waals surface area (Å²) in [7, 11) is 0. The number of benzene rings is 2. The first-order chi connectivity index (χ1) is 10.1. The molecule has 0 atom stereocenters. The minimum absolute atomic E-state index is 0.0344. The second-order valence-corrected chi connectivity index (χ2v) is 4.62. The SMILES string of the molecule is Cc1ccccc1NC(=O)COc1ccc(CN)cc1F. The molecule has 0 fully saturated rings. The van der Waals surface area contributed by atoms with Gasteiger partial charge in [0.1, 0.15) is 0 Å². The molecule has 21 heavy (non-hydrogen) atoms. The number of carbonyl (C=O) groups excluding carboxylic acids is 1. The van der Waals surface area contributed by atoms with Crippen molar-refractivity contribution >= 4 is 11.6 Å². The summed E-state index contributed by atoms with van der Waals surface area (Å²) >= 11 is 0. The highest BCUT2D eigenvalue weighted by Gasteiger charge is 2.08. The summed E-state index contributed by atoms with van der Waals surface area (Å²) in [6, 6.07) is 11.8. The second kappa shape index (κ2) is 6.85. The van der Waals surface area contributed by atoms with Gasteiger partial charge in [-0.1, -0.05) is 24.3 Å². The zero-order valence-electron chi connectivity index (χ0n) is 11.7. The highest BCUT2D eigenvalue weighted by atomic mass is 19.1. The van der Waals surface area contributed by atoms with Crippen LogP contribution in [-0.4, -0.2) is 12.5 Å².